The van der Waals surface area contributed by atoms with Crippen molar-refractivity contribution in [2.75, 3.05) is 0 Å². The third-order valence-corrected chi connectivity index (χ3v) is 3.79. The molecule has 17 heavy (non-hydrogen) atoms. The average molecular weight is 264 g/mol. The minimum atomic E-state index is -3.26. The lowest BCUT2D eigenvalue weighted by Gasteiger charge is -2.14. The zero-order valence-corrected chi connectivity index (χ0v) is 10.4. The van der Waals surface area contributed by atoms with Crippen molar-refractivity contribution in [1.82, 2.24) is 0 Å². The minimum absolute atomic E-state index is 0.559. The predicted molar refractivity (Wildman–Crippen MR) is 69.6 cm³/mol. The summed E-state index contributed by atoms with van der Waals surface area (Å²) in [7, 11) is 0. The van der Waals surface area contributed by atoms with Crippen LogP contribution in [0.4, 0.5) is 0 Å². The summed E-state index contributed by atoms with van der Waals surface area (Å²) < 4.78 is 10.8. The smallest absolute Gasteiger partial charge is 0.415 e. The fraction of sp³-hybridized carbons (Fsp3) is 0. The molecule has 0 unspecified atom stereocenters. The molecule has 1 aliphatic heterocycles. The van der Waals surface area contributed by atoms with Crippen molar-refractivity contribution in [2.45, 2.75) is 0 Å². The lowest BCUT2D eigenvalue weighted by Crippen LogP contribution is -1.96. The minimum Gasteiger partial charge on any atom is -0.415 e. The molecule has 3 nitrogen and oxygen atoms in total. The Morgan fingerprint density at radius 3 is 1.71 bits per heavy atom. The summed E-state index contributed by atoms with van der Waals surface area (Å²) in [5, 5.41) is 0. The van der Waals surface area contributed by atoms with Crippen LogP contribution in [0.25, 0.3) is 11.1 Å². The standard InChI is InChI=1S/C12H9O3PS/c13-16(17)14-11-7-3-1-5-9(11)10-6-2-4-8-12(10)15-16/h1-8H,(H,13,17). The highest BCUT2D eigenvalue weighted by Crippen LogP contribution is 2.53. The van der Waals surface area contributed by atoms with Gasteiger partial charge >= 0.3 is 6.72 Å². The van der Waals surface area contributed by atoms with Gasteiger partial charge in [-0.15, -0.1) is 0 Å². The molecular weight excluding hydrogens is 255 g/mol. The molecule has 0 bridgehead atoms. The zero-order valence-electron chi connectivity index (χ0n) is 8.74. The van der Waals surface area contributed by atoms with Crippen LogP contribution in [0.1, 0.15) is 0 Å². The van der Waals surface area contributed by atoms with Crippen LogP contribution in [0, 0.1) is 0 Å². The second kappa shape index (κ2) is 3.84. The highest BCUT2D eigenvalue weighted by molar-refractivity contribution is 8.07. The SMILES string of the molecule is OP1(=S)Oc2ccccc2-c2ccccc2O1. The van der Waals surface area contributed by atoms with Gasteiger partial charge in [-0.3, -0.25) is 0 Å². The van der Waals surface area contributed by atoms with Crippen molar-refractivity contribution in [3.05, 3.63) is 48.5 Å². The Balaban J connectivity index is 2.32. The number of benzene rings is 2. The molecular formula is C12H9O3PS. The van der Waals surface area contributed by atoms with Crippen molar-refractivity contribution in [1.29, 1.82) is 0 Å². The molecule has 3 rings (SSSR count). The maximum atomic E-state index is 9.93. The summed E-state index contributed by atoms with van der Waals surface area (Å²) in [5.41, 5.74) is 1.76. The van der Waals surface area contributed by atoms with E-state index in [9.17, 15) is 4.89 Å². The van der Waals surface area contributed by atoms with Gasteiger partial charge in [0.25, 0.3) is 0 Å². The third kappa shape index (κ3) is 1.95. The molecule has 0 saturated heterocycles. The molecule has 0 aliphatic carbocycles. The van der Waals surface area contributed by atoms with Gasteiger partial charge < -0.3 is 13.9 Å². The van der Waals surface area contributed by atoms with Crippen LogP contribution in [0.15, 0.2) is 48.5 Å². The van der Waals surface area contributed by atoms with Gasteiger partial charge in [0.15, 0.2) is 0 Å². The molecule has 0 fully saturated rings. The van der Waals surface area contributed by atoms with Gasteiger partial charge in [0.1, 0.15) is 11.5 Å². The Labute approximate surface area is 104 Å². The van der Waals surface area contributed by atoms with Crippen LogP contribution in [0.5, 0.6) is 11.5 Å². The molecule has 2 aromatic carbocycles. The quantitative estimate of drug-likeness (QED) is 0.741. The van der Waals surface area contributed by atoms with Crippen molar-refractivity contribution in [3.8, 4) is 22.6 Å². The van der Waals surface area contributed by atoms with Crippen LogP contribution in [0.2, 0.25) is 0 Å². The van der Waals surface area contributed by atoms with E-state index in [-0.39, 0.29) is 0 Å². The summed E-state index contributed by atoms with van der Waals surface area (Å²) in [6, 6.07) is 14.9. The van der Waals surface area contributed by atoms with E-state index in [1.165, 1.54) is 0 Å². The van der Waals surface area contributed by atoms with E-state index in [0.717, 1.165) is 11.1 Å². The summed E-state index contributed by atoms with van der Waals surface area (Å²) in [4.78, 5) is 9.93. The van der Waals surface area contributed by atoms with Gasteiger partial charge in [-0.1, -0.05) is 36.4 Å². The number of rotatable bonds is 0. The van der Waals surface area contributed by atoms with Gasteiger partial charge in [-0.2, -0.15) is 0 Å². The average Bonchev–Trinajstić information content (AvgIpc) is 2.40. The Kier molecular flexibility index (Phi) is 2.44. The fourth-order valence-electron chi connectivity index (χ4n) is 1.80. The molecule has 0 saturated carbocycles. The van der Waals surface area contributed by atoms with Crippen LogP contribution in [0.3, 0.4) is 0 Å². The molecule has 0 amide bonds. The van der Waals surface area contributed by atoms with Crippen molar-refractivity contribution in [3.63, 3.8) is 0 Å². The zero-order chi connectivity index (χ0) is 11.9. The molecule has 86 valence electrons. The van der Waals surface area contributed by atoms with E-state index in [1.807, 2.05) is 36.4 Å². The van der Waals surface area contributed by atoms with E-state index in [0.29, 0.717) is 11.5 Å². The molecule has 2 aromatic rings. The lowest BCUT2D eigenvalue weighted by atomic mass is 10.0. The molecule has 0 radical (unpaired) electrons. The summed E-state index contributed by atoms with van der Waals surface area (Å²) in [6.07, 6.45) is 0. The second-order valence-corrected chi connectivity index (χ2v) is 6.33. The molecule has 5 heteroatoms. The Morgan fingerprint density at radius 1 is 0.824 bits per heavy atom. The number of hydrogen-bond donors (Lipinski definition) is 1. The topological polar surface area (TPSA) is 38.7 Å². The monoisotopic (exact) mass is 264 g/mol. The number of fused-ring (bicyclic) bond motifs is 3. The van der Waals surface area contributed by atoms with E-state index in [2.05, 4.69) is 0 Å². The first-order valence-corrected chi connectivity index (χ1v) is 7.65. The molecule has 1 N–H and O–H groups in total. The van der Waals surface area contributed by atoms with Gasteiger partial charge in [-0.25, -0.2) is 0 Å². The van der Waals surface area contributed by atoms with Crippen LogP contribution in [-0.2, 0) is 11.8 Å². The first-order chi connectivity index (χ1) is 8.16. The van der Waals surface area contributed by atoms with Crippen molar-refractivity contribution in [2.24, 2.45) is 0 Å². The van der Waals surface area contributed by atoms with E-state index >= 15 is 0 Å². The van der Waals surface area contributed by atoms with Gasteiger partial charge in [0.05, 0.1) is 0 Å². The fourth-order valence-corrected chi connectivity index (χ4v) is 3.14. The Hall–Kier alpha value is -1.35. The maximum absolute atomic E-state index is 9.93. The predicted octanol–water partition coefficient (Wildman–Crippen LogP) is 3.34. The number of para-hydroxylation sites is 2. The van der Waals surface area contributed by atoms with Crippen molar-refractivity contribution >= 4 is 18.5 Å². The lowest BCUT2D eigenvalue weighted by molar-refractivity contribution is 0.383. The molecule has 0 atom stereocenters. The molecule has 0 spiro atoms. The number of hydrogen-bond acceptors (Lipinski definition) is 3. The first kappa shape index (κ1) is 10.8. The summed E-state index contributed by atoms with van der Waals surface area (Å²) >= 11 is 4.96. The van der Waals surface area contributed by atoms with E-state index in [4.69, 9.17) is 20.9 Å². The van der Waals surface area contributed by atoms with Crippen LogP contribution >= 0.6 is 6.72 Å². The van der Waals surface area contributed by atoms with Crippen molar-refractivity contribution < 1.29 is 13.9 Å². The largest absolute Gasteiger partial charge is 0.432 e. The van der Waals surface area contributed by atoms with Gasteiger partial charge in [-0.05, 0) is 12.1 Å². The normalized spacial score (nSPS) is 15.8. The highest BCUT2D eigenvalue weighted by atomic mass is 32.5. The molecule has 0 aromatic heterocycles. The molecule has 1 heterocycles. The Bertz CT molecular complexity index is 575. The van der Waals surface area contributed by atoms with E-state index in [1.54, 1.807) is 12.1 Å². The van der Waals surface area contributed by atoms with Crippen LogP contribution in [-0.4, -0.2) is 4.89 Å². The van der Waals surface area contributed by atoms with Gasteiger partial charge in [0, 0.05) is 22.9 Å². The third-order valence-electron chi connectivity index (χ3n) is 2.49. The van der Waals surface area contributed by atoms with E-state index < -0.39 is 6.72 Å². The van der Waals surface area contributed by atoms with Crippen LogP contribution < -0.4 is 9.05 Å². The first-order valence-electron chi connectivity index (χ1n) is 5.06. The summed E-state index contributed by atoms with van der Waals surface area (Å²) in [5.74, 6) is 1.12. The second-order valence-electron chi connectivity index (χ2n) is 3.64. The summed E-state index contributed by atoms with van der Waals surface area (Å²) in [6.45, 7) is -3.26. The van der Waals surface area contributed by atoms with Gasteiger partial charge in [0.2, 0.25) is 0 Å². The molecule has 1 aliphatic rings. The maximum Gasteiger partial charge on any atom is 0.432 e. The highest BCUT2D eigenvalue weighted by Gasteiger charge is 2.26. The Morgan fingerprint density at radius 2 is 1.24 bits per heavy atom.